The minimum Gasteiger partial charge on any atom is -0.306 e. The van der Waals surface area contributed by atoms with Gasteiger partial charge in [-0.05, 0) is 32.8 Å². The topological polar surface area (TPSA) is 30.7 Å². The normalized spacial score (nSPS) is 20.2. The Kier molecular flexibility index (Phi) is 3.67. The molecule has 0 spiro atoms. The summed E-state index contributed by atoms with van der Waals surface area (Å²) in [5.41, 5.74) is 1.81. The molecule has 108 valence electrons. The highest BCUT2D eigenvalue weighted by molar-refractivity contribution is 6.31. The fourth-order valence-electron chi connectivity index (χ4n) is 3.29. The second-order valence-corrected chi connectivity index (χ2v) is 7.07. The van der Waals surface area contributed by atoms with Crippen molar-refractivity contribution in [1.29, 1.82) is 0 Å². The highest BCUT2D eigenvalue weighted by Gasteiger charge is 2.33. The molecule has 0 amide bonds. The van der Waals surface area contributed by atoms with E-state index in [0.29, 0.717) is 5.02 Å². The number of imidazole rings is 1. The lowest BCUT2D eigenvalue weighted by atomic mass is 9.83. The number of nitrogens with zero attached hydrogens (tertiary/aromatic N) is 3. The second kappa shape index (κ2) is 5.19. The van der Waals surface area contributed by atoms with E-state index >= 15 is 0 Å². The summed E-state index contributed by atoms with van der Waals surface area (Å²) >= 11 is 12.4. The van der Waals surface area contributed by atoms with Crippen LogP contribution in [-0.4, -0.2) is 14.5 Å². The van der Waals surface area contributed by atoms with Gasteiger partial charge in [-0.25, -0.2) is 9.97 Å². The smallest absolute Gasteiger partial charge is 0.160 e. The van der Waals surface area contributed by atoms with E-state index in [1.165, 1.54) is 19.3 Å². The highest BCUT2D eigenvalue weighted by atomic mass is 35.5. The van der Waals surface area contributed by atoms with Crippen LogP contribution < -0.4 is 0 Å². The maximum atomic E-state index is 6.36. The van der Waals surface area contributed by atoms with Crippen molar-refractivity contribution in [2.24, 2.45) is 0 Å². The van der Waals surface area contributed by atoms with Crippen molar-refractivity contribution in [2.75, 3.05) is 0 Å². The van der Waals surface area contributed by atoms with Crippen LogP contribution >= 0.6 is 23.2 Å². The fourth-order valence-corrected chi connectivity index (χ4v) is 3.59. The Labute approximate surface area is 129 Å². The third-order valence-corrected chi connectivity index (χ3v) is 4.72. The van der Waals surface area contributed by atoms with Crippen LogP contribution in [0.3, 0.4) is 0 Å². The first-order valence-electron chi connectivity index (χ1n) is 7.20. The SMILES string of the molecule is CC(Cl)c1nc2cc(Cl)cnc2n1C1(C)CCCCC1. The van der Waals surface area contributed by atoms with Gasteiger partial charge in [-0.3, -0.25) is 0 Å². The van der Waals surface area contributed by atoms with Gasteiger partial charge in [-0.2, -0.15) is 0 Å². The van der Waals surface area contributed by atoms with E-state index in [-0.39, 0.29) is 10.9 Å². The third kappa shape index (κ3) is 2.31. The lowest BCUT2D eigenvalue weighted by molar-refractivity contribution is 0.218. The van der Waals surface area contributed by atoms with E-state index in [9.17, 15) is 0 Å². The van der Waals surface area contributed by atoms with Crippen molar-refractivity contribution in [2.45, 2.75) is 56.9 Å². The van der Waals surface area contributed by atoms with E-state index in [4.69, 9.17) is 23.2 Å². The number of pyridine rings is 1. The van der Waals surface area contributed by atoms with Crippen LogP contribution in [0.1, 0.15) is 57.2 Å². The molecule has 1 fully saturated rings. The quantitative estimate of drug-likeness (QED) is 0.725. The van der Waals surface area contributed by atoms with Gasteiger partial charge in [-0.15, -0.1) is 11.6 Å². The first-order chi connectivity index (χ1) is 9.51. The lowest BCUT2D eigenvalue weighted by Crippen LogP contribution is -2.34. The van der Waals surface area contributed by atoms with E-state index < -0.39 is 0 Å². The Morgan fingerprint density at radius 3 is 2.65 bits per heavy atom. The first kappa shape index (κ1) is 14.2. The molecule has 0 radical (unpaired) electrons. The molecule has 0 bridgehead atoms. The molecular formula is C15H19Cl2N3. The van der Waals surface area contributed by atoms with Crippen LogP contribution in [0.5, 0.6) is 0 Å². The van der Waals surface area contributed by atoms with Gasteiger partial charge in [-0.1, -0.05) is 30.9 Å². The maximum Gasteiger partial charge on any atom is 0.160 e. The number of aromatic nitrogens is 3. The molecule has 0 saturated heterocycles. The van der Waals surface area contributed by atoms with Crippen molar-refractivity contribution < 1.29 is 0 Å². The van der Waals surface area contributed by atoms with Gasteiger partial charge < -0.3 is 4.57 Å². The van der Waals surface area contributed by atoms with Crippen LogP contribution in [0.15, 0.2) is 12.3 Å². The Balaban J connectivity index is 2.23. The first-order valence-corrected chi connectivity index (χ1v) is 8.01. The highest BCUT2D eigenvalue weighted by Crippen LogP contribution is 2.39. The minimum atomic E-state index is -0.137. The zero-order chi connectivity index (χ0) is 14.3. The zero-order valence-corrected chi connectivity index (χ0v) is 13.4. The van der Waals surface area contributed by atoms with Crippen LogP contribution in [0, 0.1) is 0 Å². The average Bonchev–Trinajstić information content (AvgIpc) is 2.79. The van der Waals surface area contributed by atoms with E-state index in [2.05, 4.69) is 21.5 Å². The van der Waals surface area contributed by atoms with Gasteiger partial charge in [0.25, 0.3) is 0 Å². The predicted molar refractivity (Wildman–Crippen MR) is 83.5 cm³/mol. The molecule has 0 N–H and O–H groups in total. The number of rotatable bonds is 2. The molecule has 1 atom stereocenters. The van der Waals surface area contributed by atoms with Crippen molar-refractivity contribution in [3.05, 3.63) is 23.1 Å². The van der Waals surface area contributed by atoms with Gasteiger partial charge >= 0.3 is 0 Å². The molecule has 1 aliphatic carbocycles. The molecule has 1 aliphatic rings. The molecule has 2 aromatic heterocycles. The number of hydrogen-bond donors (Lipinski definition) is 0. The molecule has 20 heavy (non-hydrogen) atoms. The minimum absolute atomic E-state index is 0.0618. The lowest BCUT2D eigenvalue weighted by Gasteiger charge is -2.36. The summed E-state index contributed by atoms with van der Waals surface area (Å²) in [7, 11) is 0. The summed E-state index contributed by atoms with van der Waals surface area (Å²) in [5, 5.41) is 0.478. The number of halogens is 2. The summed E-state index contributed by atoms with van der Waals surface area (Å²) < 4.78 is 2.26. The van der Waals surface area contributed by atoms with Crippen molar-refractivity contribution >= 4 is 34.4 Å². The Bertz CT molecular complexity index is 627. The van der Waals surface area contributed by atoms with Crippen LogP contribution in [0.2, 0.25) is 5.02 Å². The number of hydrogen-bond acceptors (Lipinski definition) is 2. The van der Waals surface area contributed by atoms with E-state index in [1.807, 2.05) is 13.0 Å². The average molecular weight is 312 g/mol. The number of fused-ring (bicyclic) bond motifs is 1. The van der Waals surface area contributed by atoms with Crippen molar-refractivity contribution in [3.63, 3.8) is 0 Å². The monoisotopic (exact) mass is 311 g/mol. The standard InChI is InChI=1S/C15H19Cl2N3/c1-10(16)13-19-12-8-11(17)9-18-14(12)20(13)15(2)6-4-3-5-7-15/h8-10H,3-7H2,1-2H3. The molecule has 5 heteroatoms. The van der Waals surface area contributed by atoms with Gasteiger partial charge in [0, 0.05) is 11.7 Å². The summed E-state index contributed by atoms with van der Waals surface area (Å²) in [5.74, 6) is 0.904. The molecule has 3 rings (SSSR count). The van der Waals surface area contributed by atoms with Gasteiger partial charge in [0.05, 0.1) is 10.4 Å². The van der Waals surface area contributed by atoms with Gasteiger partial charge in [0.2, 0.25) is 0 Å². The molecule has 0 aromatic carbocycles. The summed E-state index contributed by atoms with van der Waals surface area (Å²) in [6, 6.07) is 1.87. The van der Waals surface area contributed by atoms with Crippen LogP contribution in [0.4, 0.5) is 0 Å². The summed E-state index contributed by atoms with van der Waals surface area (Å²) in [4.78, 5) is 9.19. The Morgan fingerprint density at radius 2 is 2.00 bits per heavy atom. The Hall–Kier alpha value is -0.800. The van der Waals surface area contributed by atoms with Gasteiger partial charge in [0.1, 0.15) is 11.3 Å². The van der Waals surface area contributed by atoms with E-state index in [0.717, 1.165) is 29.8 Å². The maximum absolute atomic E-state index is 6.36. The largest absolute Gasteiger partial charge is 0.306 e. The predicted octanol–water partition coefficient (Wildman–Crippen LogP) is 5.06. The summed E-state index contributed by atoms with van der Waals surface area (Å²) in [6.45, 7) is 4.26. The molecule has 0 aliphatic heterocycles. The molecule has 1 unspecified atom stereocenters. The van der Waals surface area contributed by atoms with Crippen LogP contribution in [0.25, 0.3) is 11.2 Å². The van der Waals surface area contributed by atoms with Crippen LogP contribution in [-0.2, 0) is 5.54 Å². The second-order valence-electron chi connectivity index (χ2n) is 5.98. The van der Waals surface area contributed by atoms with E-state index in [1.54, 1.807) is 6.20 Å². The van der Waals surface area contributed by atoms with Crippen molar-refractivity contribution in [1.82, 2.24) is 14.5 Å². The third-order valence-electron chi connectivity index (χ3n) is 4.32. The molecular weight excluding hydrogens is 293 g/mol. The molecule has 2 heterocycles. The summed E-state index contributed by atoms with van der Waals surface area (Å²) in [6.07, 6.45) is 7.81. The number of alkyl halides is 1. The molecule has 3 nitrogen and oxygen atoms in total. The van der Waals surface area contributed by atoms with Crippen molar-refractivity contribution in [3.8, 4) is 0 Å². The Morgan fingerprint density at radius 1 is 1.30 bits per heavy atom. The molecule has 2 aromatic rings. The van der Waals surface area contributed by atoms with Gasteiger partial charge in [0.15, 0.2) is 5.65 Å². The molecule has 1 saturated carbocycles. The zero-order valence-electron chi connectivity index (χ0n) is 11.9. The fraction of sp³-hybridized carbons (Fsp3) is 0.600.